The first kappa shape index (κ1) is 9.09. The smallest absolute Gasteiger partial charge is 0.0951 e. The molecule has 0 unspecified atom stereocenters. The number of halogens is 1. The highest BCUT2D eigenvalue weighted by Gasteiger charge is 2.21. The molecule has 0 radical (unpaired) electrons. The number of nitrogens with one attached hydrogen (secondary N) is 1. The second-order valence-corrected chi connectivity index (χ2v) is 4.75. The molecule has 2 aromatic rings. The van der Waals surface area contributed by atoms with E-state index < -0.39 is 0 Å². The van der Waals surface area contributed by atoms with Gasteiger partial charge in [-0.1, -0.05) is 15.9 Å². The zero-order valence-corrected chi connectivity index (χ0v) is 9.66. The van der Waals surface area contributed by atoms with Crippen LogP contribution in [0.4, 0.5) is 5.69 Å². The number of aromatic nitrogens is 2. The molecule has 3 nitrogen and oxygen atoms in total. The molecular formula is C11H10BrN3. The maximum atomic E-state index is 4.10. The minimum absolute atomic E-state index is 0.636. The van der Waals surface area contributed by atoms with Crippen molar-refractivity contribution in [3.8, 4) is 0 Å². The van der Waals surface area contributed by atoms with Crippen LogP contribution in [0.1, 0.15) is 12.8 Å². The first-order valence-electron chi connectivity index (χ1n) is 5.00. The number of fused-ring (bicyclic) bond motifs is 1. The summed E-state index contributed by atoms with van der Waals surface area (Å²) in [5, 5.41) is 12.7. The Bertz CT molecular complexity index is 508. The quantitative estimate of drug-likeness (QED) is 0.906. The van der Waals surface area contributed by atoms with Gasteiger partial charge in [0.05, 0.1) is 17.4 Å². The first-order chi connectivity index (χ1) is 7.33. The predicted octanol–water partition coefficient (Wildman–Crippen LogP) is 2.97. The Morgan fingerprint density at radius 2 is 2.20 bits per heavy atom. The Morgan fingerprint density at radius 3 is 3.00 bits per heavy atom. The fourth-order valence-corrected chi connectivity index (χ4v) is 1.95. The molecule has 0 bridgehead atoms. The summed E-state index contributed by atoms with van der Waals surface area (Å²) in [5.41, 5.74) is 2.02. The van der Waals surface area contributed by atoms with Crippen molar-refractivity contribution in [2.24, 2.45) is 0 Å². The molecule has 1 aliphatic rings. The standard InChI is InChI=1S/C11H10BrN3/c12-7-1-4-10-9(5-7)11(6-13-15-10)14-8-2-3-8/h1,4-6,8H,2-3H2,(H,14,15). The maximum absolute atomic E-state index is 4.10. The second kappa shape index (κ2) is 3.45. The van der Waals surface area contributed by atoms with Gasteiger partial charge in [0.25, 0.3) is 0 Å². The van der Waals surface area contributed by atoms with Gasteiger partial charge in [0, 0.05) is 15.9 Å². The Morgan fingerprint density at radius 1 is 1.33 bits per heavy atom. The van der Waals surface area contributed by atoms with Gasteiger partial charge >= 0.3 is 0 Å². The van der Waals surface area contributed by atoms with Crippen molar-refractivity contribution >= 4 is 32.5 Å². The second-order valence-electron chi connectivity index (χ2n) is 3.84. The highest BCUT2D eigenvalue weighted by atomic mass is 79.9. The largest absolute Gasteiger partial charge is 0.380 e. The van der Waals surface area contributed by atoms with Gasteiger partial charge in [-0.05, 0) is 31.0 Å². The Kier molecular flexibility index (Phi) is 2.09. The number of anilines is 1. The molecule has 4 heteroatoms. The maximum Gasteiger partial charge on any atom is 0.0951 e. The fourth-order valence-electron chi connectivity index (χ4n) is 1.59. The summed E-state index contributed by atoms with van der Waals surface area (Å²) in [4.78, 5) is 0. The molecule has 76 valence electrons. The van der Waals surface area contributed by atoms with Crippen molar-refractivity contribution in [3.63, 3.8) is 0 Å². The number of hydrogen-bond donors (Lipinski definition) is 1. The summed E-state index contributed by atoms with van der Waals surface area (Å²) in [5.74, 6) is 0. The summed E-state index contributed by atoms with van der Waals surface area (Å²) in [6.07, 6.45) is 4.32. The highest BCUT2D eigenvalue weighted by molar-refractivity contribution is 9.10. The number of nitrogens with zero attached hydrogens (tertiary/aromatic N) is 2. The molecule has 1 aromatic carbocycles. The van der Waals surface area contributed by atoms with Crippen LogP contribution in [0.2, 0.25) is 0 Å². The minimum atomic E-state index is 0.636. The SMILES string of the molecule is Brc1ccc2nncc(NC3CC3)c2c1. The third kappa shape index (κ3) is 1.81. The van der Waals surface area contributed by atoms with Crippen molar-refractivity contribution in [2.45, 2.75) is 18.9 Å². The van der Waals surface area contributed by atoms with E-state index in [1.165, 1.54) is 12.8 Å². The van der Waals surface area contributed by atoms with Crippen LogP contribution in [0.15, 0.2) is 28.9 Å². The molecule has 1 fully saturated rings. The Hall–Kier alpha value is -1.16. The number of rotatable bonds is 2. The van der Waals surface area contributed by atoms with Crippen LogP contribution in [-0.2, 0) is 0 Å². The van der Waals surface area contributed by atoms with Gasteiger partial charge in [0.15, 0.2) is 0 Å². The van der Waals surface area contributed by atoms with Gasteiger partial charge in [0.2, 0.25) is 0 Å². The van der Waals surface area contributed by atoms with Gasteiger partial charge in [0.1, 0.15) is 0 Å². The van der Waals surface area contributed by atoms with E-state index in [-0.39, 0.29) is 0 Å². The third-order valence-corrected chi connectivity index (χ3v) is 3.03. The Balaban J connectivity index is 2.13. The molecule has 3 rings (SSSR count). The van der Waals surface area contributed by atoms with Crippen LogP contribution in [-0.4, -0.2) is 16.2 Å². The third-order valence-electron chi connectivity index (χ3n) is 2.54. The molecule has 15 heavy (non-hydrogen) atoms. The van der Waals surface area contributed by atoms with E-state index in [0.29, 0.717) is 6.04 Å². The molecule has 0 aliphatic heterocycles. The van der Waals surface area contributed by atoms with Crippen LogP contribution in [0.3, 0.4) is 0 Å². The van der Waals surface area contributed by atoms with Gasteiger partial charge in [-0.2, -0.15) is 10.2 Å². The van der Waals surface area contributed by atoms with Crippen molar-refractivity contribution in [3.05, 3.63) is 28.9 Å². The van der Waals surface area contributed by atoms with Crippen LogP contribution < -0.4 is 5.32 Å². The van der Waals surface area contributed by atoms with Crippen molar-refractivity contribution in [1.82, 2.24) is 10.2 Å². The average molecular weight is 264 g/mol. The summed E-state index contributed by atoms with van der Waals surface area (Å²) >= 11 is 3.47. The van der Waals surface area contributed by atoms with Crippen LogP contribution in [0, 0.1) is 0 Å². The van der Waals surface area contributed by atoms with Gasteiger partial charge in [-0.25, -0.2) is 0 Å². The molecule has 0 atom stereocenters. The summed E-state index contributed by atoms with van der Waals surface area (Å²) in [6, 6.07) is 6.67. The summed E-state index contributed by atoms with van der Waals surface area (Å²) in [7, 11) is 0. The predicted molar refractivity (Wildman–Crippen MR) is 63.9 cm³/mol. The van der Waals surface area contributed by atoms with Crippen molar-refractivity contribution < 1.29 is 0 Å². The first-order valence-corrected chi connectivity index (χ1v) is 5.80. The molecular weight excluding hydrogens is 254 g/mol. The van der Waals surface area contributed by atoms with Crippen LogP contribution in [0.25, 0.3) is 10.9 Å². The van der Waals surface area contributed by atoms with E-state index in [1.807, 2.05) is 12.1 Å². The van der Waals surface area contributed by atoms with E-state index in [4.69, 9.17) is 0 Å². The van der Waals surface area contributed by atoms with E-state index in [1.54, 1.807) is 6.20 Å². The number of hydrogen-bond acceptors (Lipinski definition) is 3. The van der Waals surface area contributed by atoms with E-state index in [0.717, 1.165) is 21.1 Å². The van der Waals surface area contributed by atoms with E-state index in [2.05, 4.69) is 37.5 Å². The molecule has 1 saturated carbocycles. The molecule has 1 heterocycles. The van der Waals surface area contributed by atoms with Crippen LogP contribution >= 0.6 is 15.9 Å². The van der Waals surface area contributed by atoms with E-state index >= 15 is 0 Å². The molecule has 0 saturated heterocycles. The van der Waals surface area contributed by atoms with Gasteiger partial charge in [-0.3, -0.25) is 0 Å². The minimum Gasteiger partial charge on any atom is -0.380 e. The molecule has 1 N–H and O–H groups in total. The van der Waals surface area contributed by atoms with Crippen molar-refractivity contribution in [1.29, 1.82) is 0 Å². The lowest BCUT2D eigenvalue weighted by molar-refractivity contribution is 1.06. The molecule has 1 aliphatic carbocycles. The highest BCUT2D eigenvalue weighted by Crippen LogP contribution is 2.29. The van der Waals surface area contributed by atoms with Gasteiger partial charge < -0.3 is 5.32 Å². The molecule has 0 spiro atoms. The lowest BCUT2D eigenvalue weighted by Crippen LogP contribution is -2.02. The number of benzene rings is 1. The lowest BCUT2D eigenvalue weighted by atomic mass is 10.2. The Labute approximate surface area is 96.0 Å². The van der Waals surface area contributed by atoms with Crippen molar-refractivity contribution in [2.75, 3.05) is 5.32 Å². The lowest BCUT2D eigenvalue weighted by Gasteiger charge is -2.07. The zero-order chi connectivity index (χ0) is 10.3. The molecule has 0 amide bonds. The fraction of sp³-hybridized carbons (Fsp3) is 0.273. The zero-order valence-electron chi connectivity index (χ0n) is 8.07. The average Bonchev–Trinajstić information content (AvgIpc) is 3.03. The topological polar surface area (TPSA) is 37.8 Å². The monoisotopic (exact) mass is 263 g/mol. The normalized spacial score (nSPS) is 15.5. The summed E-state index contributed by atoms with van der Waals surface area (Å²) < 4.78 is 1.07. The summed E-state index contributed by atoms with van der Waals surface area (Å²) in [6.45, 7) is 0. The molecule has 1 aromatic heterocycles. The van der Waals surface area contributed by atoms with E-state index in [9.17, 15) is 0 Å². The van der Waals surface area contributed by atoms with Crippen LogP contribution in [0.5, 0.6) is 0 Å². The van der Waals surface area contributed by atoms with Gasteiger partial charge in [-0.15, -0.1) is 0 Å².